The Kier molecular flexibility index (Phi) is 5.29. The van der Waals surface area contributed by atoms with E-state index in [9.17, 15) is 9.59 Å². The van der Waals surface area contributed by atoms with Gasteiger partial charge in [-0.15, -0.1) is 5.10 Å². The van der Waals surface area contributed by atoms with Crippen molar-refractivity contribution in [1.29, 1.82) is 0 Å². The van der Waals surface area contributed by atoms with Crippen molar-refractivity contribution in [1.82, 2.24) is 24.3 Å². The van der Waals surface area contributed by atoms with Crippen molar-refractivity contribution in [3.8, 4) is 22.8 Å². The molecule has 2 aromatic carbocycles. The minimum Gasteiger partial charge on any atom is -0.333 e. The van der Waals surface area contributed by atoms with Crippen molar-refractivity contribution >= 4 is 17.2 Å². The number of carbonyl (C=O) groups excluding carboxylic acids is 1. The molecule has 170 valence electrons. The highest BCUT2D eigenvalue weighted by Crippen LogP contribution is 2.25. The van der Waals surface area contributed by atoms with E-state index in [1.165, 1.54) is 4.40 Å². The molecule has 1 N–H and O–H groups in total. The van der Waals surface area contributed by atoms with E-state index in [0.29, 0.717) is 22.7 Å². The van der Waals surface area contributed by atoms with Crippen LogP contribution in [-0.4, -0.2) is 30.2 Å². The molecule has 5 rings (SSSR count). The van der Waals surface area contributed by atoms with Crippen LogP contribution in [0.1, 0.15) is 16.7 Å². The molecule has 3 aromatic heterocycles. The molecule has 9 nitrogen and oxygen atoms in total. The predicted octanol–water partition coefficient (Wildman–Crippen LogP) is 3.78. The summed E-state index contributed by atoms with van der Waals surface area (Å²) < 4.78 is 7.96. The Bertz CT molecular complexity index is 1590. The fraction of sp³-hybridized carbons (Fsp3) is 0.160. The second-order valence-corrected chi connectivity index (χ2v) is 8.14. The summed E-state index contributed by atoms with van der Waals surface area (Å²) in [6, 6.07) is 16.9. The lowest BCUT2D eigenvalue weighted by Gasteiger charge is -2.09. The normalized spacial score (nSPS) is 11.1. The number of aromatic nitrogens is 5. The van der Waals surface area contributed by atoms with Crippen LogP contribution in [0.3, 0.4) is 0 Å². The first kappa shape index (κ1) is 21.3. The number of anilines is 1. The van der Waals surface area contributed by atoms with Gasteiger partial charge < -0.3 is 9.84 Å². The van der Waals surface area contributed by atoms with Crippen LogP contribution >= 0.6 is 0 Å². The summed E-state index contributed by atoms with van der Waals surface area (Å²) in [7, 11) is 0. The third-order valence-electron chi connectivity index (χ3n) is 5.71. The van der Waals surface area contributed by atoms with Gasteiger partial charge in [-0.3, -0.25) is 4.79 Å². The minimum absolute atomic E-state index is 0.230. The fourth-order valence-corrected chi connectivity index (χ4v) is 3.75. The van der Waals surface area contributed by atoms with Crippen LogP contribution in [0.25, 0.3) is 28.5 Å². The number of amides is 1. The van der Waals surface area contributed by atoms with E-state index in [1.54, 1.807) is 18.3 Å². The molecule has 0 atom stereocenters. The molecule has 34 heavy (non-hydrogen) atoms. The summed E-state index contributed by atoms with van der Waals surface area (Å²) in [5.74, 6) is 0.328. The smallest absolute Gasteiger partial charge is 0.333 e. The monoisotopic (exact) mass is 454 g/mol. The molecule has 0 bridgehead atoms. The van der Waals surface area contributed by atoms with Crippen LogP contribution < -0.4 is 11.0 Å². The summed E-state index contributed by atoms with van der Waals surface area (Å²) in [4.78, 5) is 30.1. The maximum absolute atomic E-state index is 12.9. The van der Waals surface area contributed by atoms with Crippen LogP contribution in [0.5, 0.6) is 0 Å². The lowest BCUT2D eigenvalue weighted by molar-refractivity contribution is -0.117. The summed E-state index contributed by atoms with van der Waals surface area (Å²) in [6.07, 6.45) is 1.59. The Hall–Kier alpha value is -4.53. The molecular formula is C25H22N6O3. The van der Waals surface area contributed by atoms with Gasteiger partial charge in [-0.05, 0) is 56.2 Å². The molecule has 9 heteroatoms. The number of pyridine rings is 1. The Labute approximate surface area is 194 Å². The third-order valence-corrected chi connectivity index (χ3v) is 5.71. The quantitative estimate of drug-likeness (QED) is 0.433. The number of hydrogen-bond acceptors (Lipinski definition) is 6. The summed E-state index contributed by atoms with van der Waals surface area (Å²) in [5.41, 5.74) is 5.04. The van der Waals surface area contributed by atoms with Gasteiger partial charge >= 0.3 is 5.69 Å². The zero-order valence-electron chi connectivity index (χ0n) is 18.9. The van der Waals surface area contributed by atoms with Crippen molar-refractivity contribution in [2.75, 3.05) is 5.32 Å². The maximum Gasteiger partial charge on any atom is 0.350 e. The molecular weight excluding hydrogens is 432 g/mol. The number of carbonyl (C=O) groups is 1. The Morgan fingerprint density at radius 1 is 1.06 bits per heavy atom. The lowest BCUT2D eigenvalue weighted by Crippen LogP contribution is -2.28. The molecule has 0 aliphatic carbocycles. The minimum atomic E-state index is -0.439. The molecule has 0 fully saturated rings. The molecule has 0 saturated carbocycles. The highest BCUT2D eigenvalue weighted by atomic mass is 16.5. The summed E-state index contributed by atoms with van der Waals surface area (Å²) >= 11 is 0. The van der Waals surface area contributed by atoms with E-state index in [0.717, 1.165) is 26.9 Å². The SMILES string of the molecule is Cc1cccc(-c2noc(-c3cccn4c(=O)n(CC(=O)Nc5cccc(C)c5C)nc34)n2)c1. The average molecular weight is 454 g/mol. The van der Waals surface area contributed by atoms with Crippen LogP contribution in [0, 0.1) is 20.8 Å². The number of fused-ring (bicyclic) bond motifs is 1. The predicted molar refractivity (Wildman–Crippen MR) is 127 cm³/mol. The number of nitrogens with zero attached hydrogens (tertiary/aromatic N) is 5. The first-order valence-electron chi connectivity index (χ1n) is 10.8. The van der Waals surface area contributed by atoms with Crippen molar-refractivity contribution in [3.63, 3.8) is 0 Å². The second-order valence-electron chi connectivity index (χ2n) is 8.14. The van der Waals surface area contributed by atoms with E-state index < -0.39 is 5.69 Å². The van der Waals surface area contributed by atoms with Crippen molar-refractivity contribution in [3.05, 3.63) is 88.0 Å². The van der Waals surface area contributed by atoms with Gasteiger partial charge in [0, 0.05) is 17.4 Å². The average Bonchev–Trinajstić information content (AvgIpc) is 3.42. The van der Waals surface area contributed by atoms with Crippen LogP contribution in [0.2, 0.25) is 0 Å². The fourth-order valence-electron chi connectivity index (χ4n) is 3.75. The van der Waals surface area contributed by atoms with E-state index in [-0.39, 0.29) is 18.3 Å². The molecule has 0 saturated heterocycles. The lowest BCUT2D eigenvalue weighted by atomic mass is 10.1. The maximum atomic E-state index is 12.9. The molecule has 0 aliphatic rings. The van der Waals surface area contributed by atoms with Gasteiger partial charge in [0.15, 0.2) is 5.65 Å². The van der Waals surface area contributed by atoms with Crippen molar-refractivity contribution < 1.29 is 9.32 Å². The van der Waals surface area contributed by atoms with Crippen molar-refractivity contribution in [2.24, 2.45) is 0 Å². The van der Waals surface area contributed by atoms with Gasteiger partial charge in [0.25, 0.3) is 5.89 Å². The molecule has 0 aliphatic heterocycles. The first-order chi connectivity index (χ1) is 16.4. The van der Waals surface area contributed by atoms with Crippen LogP contribution in [-0.2, 0) is 11.3 Å². The molecule has 0 unspecified atom stereocenters. The second kappa shape index (κ2) is 8.43. The van der Waals surface area contributed by atoms with Crippen LogP contribution in [0.15, 0.2) is 70.1 Å². The third kappa shape index (κ3) is 3.88. The largest absolute Gasteiger partial charge is 0.350 e. The van der Waals surface area contributed by atoms with Gasteiger partial charge in [-0.2, -0.15) is 4.98 Å². The Morgan fingerprint density at radius 2 is 1.88 bits per heavy atom. The topological polar surface area (TPSA) is 107 Å². The van der Waals surface area contributed by atoms with E-state index >= 15 is 0 Å². The molecule has 1 amide bonds. The molecule has 3 heterocycles. The number of aryl methyl sites for hydroxylation is 2. The standard InChI is InChI=1S/C25H22N6O3/c1-15-7-4-9-18(13-15)22-27-24(34-29-22)19-10-6-12-30-23(19)28-31(25(30)33)14-21(32)26-20-11-5-8-16(2)17(20)3/h4-13H,14H2,1-3H3,(H,26,32). The van der Waals surface area contributed by atoms with Gasteiger partial charge in [0.05, 0.1) is 5.56 Å². The molecule has 0 spiro atoms. The Balaban J connectivity index is 1.46. The Morgan fingerprint density at radius 3 is 2.71 bits per heavy atom. The zero-order valence-corrected chi connectivity index (χ0v) is 18.9. The number of benzene rings is 2. The number of nitrogens with one attached hydrogen (secondary N) is 1. The van der Waals surface area contributed by atoms with Crippen molar-refractivity contribution in [2.45, 2.75) is 27.3 Å². The molecule has 5 aromatic rings. The highest BCUT2D eigenvalue weighted by molar-refractivity contribution is 5.91. The van der Waals surface area contributed by atoms with E-state index in [4.69, 9.17) is 4.52 Å². The van der Waals surface area contributed by atoms with Gasteiger partial charge in [0.1, 0.15) is 6.54 Å². The molecule has 0 radical (unpaired) electrons. The summed E-state index contributed by atoms with van der Waals surface area (Å²) in [6.45, 7) is 5.66. The van der Waals surface area contributed by atoms with Crippen LogP contribution in [0.4, 0.5) is 5.69 Å². The number of hydrogen-bond donors (Lipinski definition) is 1. The van der Waals surface area contributed by atoms with E-state index in [1.807, 2.05) is 63.2 Å². The highest BCUT2D eigenvalue weighted by Gasteiger charge is 2.19. The first-order valence-corrected chi connectivity index (χ1v) is 10.8. The van der Waals surface area contributed by atoms with E-state index in [2.05, 4.69) is 20.6 Å². The summed E-state index contributed by atoms with van der Waals surface area (Å²) in [5, 5.41) is 11.3. The van der Waals surface area contributed by atoms with Gasteiger partial charge in [-0.25, -0.2) is 13.9 Å². The number of rotatable bonds is 5. The zero-order chi connectivity index (χ0) is 23.8. The van der Waals surface area contributed by atoms with Gasteiger partial charge in [-0.1, -0.05) is 41.1 Å². The van der Waals surface area contributed by atoms with Gasteiger partial charge in [0.2, 0.25) is 11.7 Å².